The van der Waals surface area contributed by atoms with Crippen molar-refractivity contribution in [3.63, 3.8) is 0 Å². The van der Waals surface area contributed by atoms with Crippen LogP contribution < -0.4 is 10.4 Å². The van der Waals surface area contributed by atoms with Crippen LogP contribution >= 0.6 is 0 Å². The van der Waals surface area contributed by atoms with Gasteiger partial charge in [-0.3, -0.25) is 0 Å². The largest absolute Gasteiger partial charge is 0.504 e. The van der Waals surface area contributed by atoms with Crippen LogP contribution in [-0.2, 0) is 5.41 Å². The molecule has 0 saturated carbocycles. The van der Waals surface area contributed by atoms with Gasteiger partial charge in [0.05, 0.1) is 5.41 Å². The normalized spacial score (nSPS) is 15.4. The molecule has 0 aromatic heterocycles. The van der Waals surface area contributed by atoms with Crippen molar-refractivity contribution in [2.45, 2.75) is 5.41 Å². The number of rotatable bonds is 2. The van der Waals surface area contributed by atoms with Gasteiger partial charge < -0.3 is 20.4 Å². The minimum atomic E-state index is -1.21. The molecule has 0 fully saturated rings. The van der Waals surface area contributed by atoms with E-state index in [0.717, 1.165) is 43.1 Å². The Labute approximate surface area is 212 Å². The zero-order chi connectivity index (χ0) is 25.3. The average molecular weight is 483 g/mol. The molecule has 4 nitrogen and oxygen atoms in total. The van der Waals surface area contributed by atoms with Crippen LogP contribution in [0.15, 0.2) is 109 Å². The molecule has 4 heteroatoms. The third kappa shape index (κ3) is 2.72. The van der Waals surface area contributed by atoms with Gasteiger partial charge in [-0.25, -0.2) is 0 Å². The lowest BCUT2D eigenvalue weighted by Crippen LogP contribution is -2.36. The van der Waals surface area contributed by atoms with Gasteiger partial charge in [-0.15, -0.1) is 0 Å². The average Bonchev–Trinajstić information content (AvgIpc) is 3.33. The van der Waals surface area contributed by atoms with Crippen LogP contribution in [0.1, 0.15) is 11.1 Å². The van der Waals surface area contributed by atoms with E-state index in [1.807, 2.05) is 42.5 Å². The van der Waals surface area contributed by atoms with E-state index in [4.69, 9.17) is 0 Å². The predicted molar refractivity (Wildman–Crippen MR) is 146 cm³/mol. The summed E-state index contributed by atoms with van der Waals surface area (Å²) in [6, 6.07) is 26.3. The third-order valence-corrected chi connectivity index (χ3v) is 7.71. The van der Waals surface area contributed by atoms with E-state index < -0.39 is 5.41 Å². The molecule has 0 saturated heterocycles. The zero-order valence-corrected chi connectivity index (χ0v) is 19.7. The Balaban J connectivity index is 1.79. The van der Waals surface area contributed by atoms with E-state index in [2.05, 4.69) is 30.3 Å². The van der Waals surface area contributed by atoms with Crippen LogP contribution in [0.5, 0.6) is 23.0 Å². The Morgan fingerprint density at radius 3 is 1.70 bits per heavy atom. The molecule has 4 N–H and O–H groups in total. The predicted octanol–water partition coefficient (Wildman–Crippen LogP) is 5.24. The highest BCUT2D eigenvalue weighted by molar-refractivity contribution is 6.12. The minimum Gasteiger partial charge on any atom is -0.504 e. The van der Waals surface area contributed by atoms with Crippen molar-refractivity contribution in [3.8, 4) is 23.0 Å². The lowest BCUT2D eigenvalue weighted by molar-refractivity contribution is 0.389. The highest BCUT2D eigenvalue weighted by Gasteiger charge is 2.45. The molecule has 0 spiro atoms. The van der Waals surface area contributed by atoms with Gasteiger partial charge >= 0.3 is 0 Å². The molecule has 0 atom stereocenters. The van der Waals surface area contributed by atoms with Crippen LogP contribution in [0.4, 0.5) is 0 Å². The lowest BCUT2D eigenvalue weighted by Gasteiger charge is -2.37. The quantitative estimate of drug-likeness (QED) is 0.205. The number of para-hydroxylation sites is 2. The summed E-state index contributed by atoms with van der Waals surface area (Å²) in [6.45, 7) is 0. The number of hydrogen-bond donors (Lipinski definition) is 4. The summed E-state index contributed by atoms with van der Waals surface area (Å²) in [5.41, 5.74) is 1.41. The van der Waals surface area contributed by atoms with Gasteiger partial charge in [-0.1, -0.05) is 91.0 Å². The molecule has 2 aliphatic carbocycles. The van der Waals surface area contributed by atoms with Gasteiger partial charge in [0.15, 0.2) is 23.0 Å². The Kier molecular flexibility index (Phi) is 4.33. The number of fused-ring (bicyclic) bond motifs is 7. The molecule has 0 unspecified atom stereocenters. The van der Waals surface area contributed by atoms with E-state index in [1.165, 1.54) is 12.1 Å². The summed E-state index contributed by atoms with van der Waals surface area (Å²) < 4.78 is 0. The van der Waals surface area contributed by atoms with Crippen molar-refractivity contribution in [2.24, 2.45) is 0 Å². The molecule has 0 amide bonds. The molecule has 0 heterocycles. The summed E-state index contributed by atoms with van der Waals surface area (Å²) in [5, 5.41) is 50.0. The van der Waals surface area contributed by atoms with Gasteiger partial charge in [-0.2, -0.15) is 0 Å². The number of benzene rings is 5. The summed E-state index contributed by atoms with van der Waals surface area (Å²) in [4.78, 5) is 0. The van der Waals surface area contributed by atoms with Crippen LogP contribution in [0.25, 0.3) is 33.2 Å². The number of aromatic hydroxyl groups is 4. The van der Waals surface area contributed by atoms with Crippen LogP contribution in [0.3, 0.4) is 0 Å². The van der Waals surface area contributed by atoms with Gasteiger partial charge in [0.1, 0.15) is 0 Å². The minimum absolute atomic E-state index is 0.257. The Morgan fingerprint density at radius 2 is 1.08 bits per heavy atom. The molecule has 0 radical (unpaired) electrons. The van der Waals surface area contributed by atoms with E-state index >= 15 is 0 Å². The smallest absolute Gasteiger partial charge is 0.162 e. The van der Waals surface area contributed by atoms with Crippen molar-refractivity contribution in [1.29, 1.82) is 0 Å². The van der Waals surface area contributed by atoms with Crippen LogP contribution in [0.2, 0.25) is 0 Å². The molecular formula is C33H22O4. The maximum absolute atomic E-state index is 11.2. The molecule has 5 aromatic carbocycles. The first-order valence-corrected chi connectivity index (χ1v) is 12.1. The molecule has 178 valence electrons. The van der Waals surface area contributed by atoms with Crippen LogP contribution in [-0.4, -0.2) is 20.4 Å². The molecule has 5 aromatic rings. The highest BCUT2D eigenvalue weighted by Crippen LogP contribution is 2.54. The van der Waals surface area contributed by atoms with E-state index in [9.17, 15) is 20.4 Å². The number of allylic oxidation sites excluding steroid dienone is 4. The van der Waals surface area contributed by atoms with E-state index in [1.54, 1.807) is 24.3 Å². The van der Waals surface area contributed by atoms with Crippen molar-refractivity contribution >= 4 is 33.2 Å². The Morgan fingerprint density at radius 1 is 0.541 bits per heavy atom. The monoisotopic (exact) mass is 482 g/mol. The third-order valence-electron chi connectivity index (χ3n) is 7.71. The summed E-state index contributed by atoms with van der Waals surface area (Å²) in [6.07, 6.45) is 7.99. The van der Waals surface area contributed by atoms with Crippen molar-refractivity contribution in [3.05, 3.63) is 130 Å². The van der Waals surface area contributed by atoms with Crippen LogP contribution in [0, 0.1) is 0 Å². The Hall–Kier alpha value is -4.96. The van der Waals surface area contributed by atoms with Gasteiger partial charge in [0.25, 0.3) is 0 Å². The summed E-state index contributed by atoms with van der Waals surface area (Å²) in [7, 11) is 0. The first kappa shape index (κ1) is 21.3. The lowest BCUT2D eigenvalue weighted by atomic mass is 9.64. The maximum atomic E-state index is 11.2. The van der Waals surface area contributed by atoms with Crippen molar-refractivity contribution < 1.29 is 20.4 Å². The van der Waals surface area contributed by atoms with Crippen molar-refractivity contribution in [2.75, 3.05) is 0 Å². The molecule has 0 bridgehead atoms. The topological polar surface area (TPSA) is 80.9 Å². The van der Waals surface area contributed by atoms with E-state index in [-0.39, 0.29) is 23.0 Å². The molecular weight excluding hydrogens is 460 g/mol. The summed E-state index contributed by atoms with van der Waals surface area (Å²) >= 11 is 0. The SMILES string of the molecule is Oc1cccc(C2(c3cccc(O)c3O)C=CC=C3C=c4c(c5ccccc5c5ccccc45)=C32)c1O. The fraction of sp³-hybridized carbons (Fsp3) is 0.0303. The van der Waals surface area contributed by atoms with Crippen molar-refractivity contribution in [1.82, 2.24) is 0 Å². The second-order valence-electron chi connectivity index (χ2n) is 9.53. The Bertz CT molecular complexity index is 1930. The van der Waals surface area contributed by atoms with Gasteiger partial charge in [-0.05, 0) is 61.3 Å². The van der Waals surface area contributed by atoms with Gasteiger partial charge in [0.2, 0.25) is 0 Å². The standard InChI is InChI=1S/C33H22O4/c34-27-15-5-13-25(31(27)36)33(26-14-6-16-28(35)32(26)37)17-7-8-19-18-24-22-11-2-1-9-20(22)21-10-3-4-12-23(21)29(24)30(19)33/h1-18,34-37H. The second-order valence-corrected chi connectivity index (χ2v) is 9.53. The number of hydrogen-bond acceptors (Lipinski definition) is 4. The first-order valence-electron chi connectivity index (χ1n) is 12.1. The van der Waals surface area contributed by atoms with Gasteiger partial charge in [0, 0.05) is 11.1 Å². The fourth-order valence-corrected chi connectivity index (χ4v) is 6.19. The first-order chi connectivity index (χ1) is 18.0. The fourth-order valence-electron chi connectivity index (χ4n) is 6.19. The molecule has 2 aliphatic rings. The van der Waals surface area contributed by atoms with E-state index in [0.29, 0.717) is 11.1 Å². The zero-order valence-electron chi connectivity index (χ0n) is 19.7. The molecule has 7 rings (SSSR count). The number of phenolic OH excluding ortho intramolecular Hbond substituents is 4. The number of phenols is 4. The second kappa shape index (κ2) is 7.52. The highest BCUT2D eigenvalue weighted by atomic mass is 16.3. The maximum Gasteiger partial charge on any atom is 0.162 e. The molecule has 0 aliphatic heterocycles. The molecule has 37 heavy (non-hydrogen) atoms. The summed E-state index contributed by atoms with van der Waals surface area (Å²) in [5.74, 6) is -1.07.